The molecule has 21 heavy (non-hydrogen) atoms. The summed E-state index contributed by atoms with van der Waals surface area (Å²) in [7, 11) is 1.83. The van der Waals surface area contributed by atoms with Gasteiger partial charge < -0.3 is 4.90 Å². The van der Waals surface area contributed by atoms with Crippen LogP contribution >= 0.6 is 38.9 Å². The zero-order valence-electron chi connectivity index (χ0n) is 11.8. The van der Waals surface area contributed by atoms with Gasteiger partial charge in [0.25, 0.3) is 0 Å². The number of carbonyl (C=O) groups is 1. The molecule has 0 spiro atoms. The van der Waals surface area contributed by atoms with Crippen molar-refractivity contribution >= 4 is 50.5 Å². The first-order valence-corrected chi connectivity index (χ1v) is 8.81. The van der Waals surface area contributed by atoms with Crippen LogP contribution < -0.4 is 4.90 Å². The molecule has 2 heterocycles. The number of benzene rings is 1. The smallest absolute Gasteiger partial charge is 0.227 e. The Morgan fingerprint density at radius 1 is 1.33 bits per heavy atom. The standard InChI is InChI=1S/C16H15BrClNOS/c1-9-7-13(21-16(9)17)15(18)11-3-5-12-10(8-11)4-6-14(20)19(12)2/h3,5,7-8,15H,4,6H2,1-2H3. The largest absolute Gasteiger partial charge is 0.315 e. The Morgan fingerprint density at radius 3 is 2.76 bits per heavy atom. The van der Waals surface area contributed by atoms with E-state index in [4.69, 9.17) is 11.6 Å². The van der Waals surface area contributed by atoms with E-state index in [2.05, 4.69) is 35.0 Å². The molecule has 0 radical (unpaired) electrons. The van der Waals surface area contributed by atoms with Crippen LogP contribution in [0.4, 0.5) is 5.69 Å². The molecule has 5 heteroatoms. The van der Waals surface area contributed by atoms with Gasteiger partial charge in [-0.05, 0) is 58.1 Å². The van der Waals surface area contributed by atoms with E-state index < -0.39 is 0 Å². The summed E-state index contributed by atoms with van der Waals surface area (Å²) in [6.45, 7) is 2.07. The highest BCUT2D eigenvalue weighted by molar-refractivity contribution is 9.11. The monoisotopic (exact) mass is 383 g/mol. The van der Waals surface area contributed by atoms with Gasteiger partial charge >= 0.3 is 0 Å². The molecule has 2 nitrogen and oxygen atoms in total. The average Bonchev–Trinajstić information content (AvgIpc) is 2.81. The van der Waals surface area contributed by atoms with E-state index >= 15 is 0 Å². The Bertz CT molecular complexity index is 693. The molecule has 3 rings (SSSR count). The summed E-state index contributed by atoms with van der Waals surface area (Å²) in [5, 5.41) is -0.145. The highest BCUT2D eigenvalue weighted by Gasteiger charge is 2.23. The Balaban J connectivity index is 1.95. The topological polar surface area (TPSA) is 20.3 Å². The van der Waals surface area contributed by atoms with Crippen molar-refractivity contribution in [1.29, 1.82) is 0 Å². The van der Waals surface area contributed by atoms with Gasteiger partial charge in [0.2, 0.25) is 5.91 Å². The zero-order valence-corrected chi connectivity index (χ0v) is 15.0. The number of amides is 1. The first-order valence-electron chi connectivity index (χ1n) is 6.76. The van der Waals surface area contributed by atoms with Crippen molar-refractivity contribution < 1.29 is 4.79 Å². The van der Waals surface area contributed by atoms with Crippen molar-refractivity contribution in [3.63, 3.8) is 0 Å². The van der Waals surface area contributed by atoms with Gasteiger partial charge in [-0.15, -0.1) is 22.9 Å². The number of anilines is 1. The Labute approximate surface area is 141 Å². The molecule has 2 aromatic rings. The summed E-state index contributed by atoms with van der Waals surface area (Å²) >= 11 is 11.9. The maximum atomic E-state index is 11.7. The van der Waals surface area contributed by atoms with Gasteiger partial charge in [0, 0.05) is 24.0 Å². The van der Waals surface area contributed by atoms with E-state index in [1.54, 1.807) is 16.2 Å². The lowest BCUT2D eigenvalue weighted by atomic mass is 9.97. The van der Waals surface area contributed by atoms with Crippen LogP contribution in [0, 0.1) is 6.92 Å². The van der Waals surface area contributed by atoms with Crippen molar-refractivity contribution in [1.82, 2.24) is 0 Å². The van der Waals surface area contributed by atoms with Gasteiger partial charge in [-0.3, -0.25) is 4.79 Å². The molecular formula is C16H15BrClNOS. The number of hydrogen-bond acceptors (Lipinski definition) is 2. The molecule has 1 atom stereocenters. The van der Waals surface area contributed by atoms with Crippen LogP contribution in [0.15, 0.2) is 28.1 Å². The molecule has 1 aliphatic rings. The SMILES string of the molecule is Cc1cc(C(Cl)c2ccc3c(c2)CCC(=O)N3C)sc1Br. The molecule has 0 saturated carbocycles. The van der Waals surface area contributed by atoms with E-state index in [9.17, 15) is 4.79 Å². The van der Waals surface area contributed by atoms with Crippen molar-refractivity contribution in [3.05, 3.63) is 49.6 Å². The van der Waals surface area contributed by atoms with Crippen LogP contribution in [-0.2, 0) is 11.2 Å². The number of fused-ring (bicyclic) bond motifs is 1. The maximum absolute atomic E-state index is 11.7. The fourth-order valence-corrected chi connectivity index (χ4v) is 4.52. The van der Waals surface area contributed by atoms with Gasteiger partial charge in [0.05, 0.1) is 9.16 Å². The Hall–Kier alpha value is -0.840. The number of aryl methyl sites for hydroxylation is 2. The molecule has 110 valence electrons. The average molecular weight is 385 g/mol. The normalized spacial score (nSPS) is 16.0. The number of thiophene rings is 1. The Morgan fingerprint density at radius 2 is 2.10 bits per heavy atom. The lowest BCUT2D eigenvalue weighted by Crippen LogP contribution is -2.31. The van der Waals surface area contributed by atoms with E-state index in [0.717, 1.165) is 26.3 Å². The van der Waals surface area contributed by atoms with Crippen molar-refractivity contribution in [2.45, 2.75) is 25.1 Å². The first kappa shape index (κ1) is 15.1. The quantitative estimate of drug-likeness (QED) is 0.663. The highest BCUT2D eigenvalue weighted by Crippen LogP contribution is 2.39. The summed E-state index contributed by atoms with van der Waals surface area (Å²) in [4.78, 5) is 14.6. The van der Waals surface area contributed by atoms with Crippen LogP contribution in [0.2, 0.25) is 0 Å². The minimum Gasteiger partial charge on any atom is -0.315 e. The predicted molar refractivity (Wildman–Crippen MR) is 92.6 cm³/mol. The summed E-state index contributed by atoms with van der Waals surface area (Å²) < 4.78 is 1.13. The fourth-order valence-electron chi connectivity index (χ4n) is 2.61. The van der Waals surface area contributed by atoms with Crippen molar-refractivity contribution in [3.8, 4) is 0 Å². The molecule has 1 aliphatic heterocycles. The van der Waals surface area contributed by atoms with Gasteiger partial charge in [0.15, 0.2) is 0 Å². The fraction of sp³-hybridized carbons (Fsp3) is 0.312. The van der Waals surface area contributed by atoms with Crippen LogP contribution in [0.1, 0.15) is 33.4 Å². The molecule has 1 amide bonds. The minimum absolute atomic E-state index is 0.145. The summed E-state index contributed by atoms with van der Waals surface area (Å²) in [6.07, 6.45) is 1.37. The molecule has 1 aromatic carbocycles. The molecule has 0 N–H and O–H groups in total. The van der Waals surface area contributed by atoms with E-state index in [0.29, 0.717) is 6.42 Å². The molecule has 0 fully saturated rings. The second-order valence-corrected chi connectivity index (χ2v) is 8.15. The first-order chi connectivity index (χ1) is 9.97. The van der Waals surface area contributed by atoms with E-state index in [1.807, 2.05) is 19.2 Å². The minimum atomic E-state index is -0.145. The molecule has 0 saturated heterocycles. The van der Waals surface area contributed by atoms with Crippen LogP contribution in [-0.4, -0.2) is 13.0 Å². The lowest BCUT2D eigenvalue weighted by Gasteiger charge is -2.26. The van der Waals surface area contributed by atoms with Crippen LogP contribution in [0.25, 0.3) is 0 Å². The molecular weight excluding hydrogens is 370 g/mol. The predicted octanol–water partition coefficient (Wildman–Crippen LogP) is 5.06. The van der Waals surface area contributed by atoms with Gasteiger partial charge in [-0.2, -0.15) is 0 Å². The van der Waals surface area contributed by atoms with Crippen molar-refractivity contribution in [2.24, 2.45) is 0 Å². The third kappa shape index (κ3) is 2.77. The molecule has 1 aromatic heterocycles. The highest BCUT2D eigenvalue weighted by atomic mass is 79.9. The number of hydrogen-bond donors (Lipinski definition) is 0. The van der Waals surface area contributed by atoms with E-state index in [1.165, 1.54) is 11.1 Å². The zero-order chi connectivity index (χ0) is 15.1. The van der Waals surface area contributed by atoms with E-state index in [-0.39, 0.29) is 11.3 Å². The second kappa shape index (κ2) is 5.75. The summed E-state index contributed by atoms with van der Waals surface area (Å²) in [5.41, 5.74) is 4.51. The van der Waals surface area contributed by atoms with Gasteiger partial charge in [-0.1, -0.05) is 12.1 Å². The van der Waals surface area contributed by atoms with Crippen LogP contribution in [0.3, 0.4) is 0 Å². The lowest BCUT2D eigenvalue weighted by molar-refractivity contribution is -0.118. The van der Waals surface area contributed by atoms with Gasteiger partial charge in [0.1, 0.15) is 0 Å². The maximum Gasteiger partial charge on any atom is 0.227 e. The number of alkyl halides is 1. The number of rotatable bonds is 2. The summed E-state index contributed by atoms with van der Waals surface area (Å²) in [5.74, 6) is 0.176. The molecule has 0 aliphatic carbocycles. The third-order valence-electron chi connectivity index (χ3n) is 3.87. The number of carbonyl (C=O) groups excluding carboxylic acids is 1. The second-order valence-electron chi connectivity index (χ2n) is 5.31. The van der Waals surface area contributed by atoms with Gasteiger partial charge in [-0.25, -0.2) is 0 Å². The molecule has 0 bridgehead atoms. The Kier molecular flexibility index (Phi) is 4.12. The number of nitrogens with zero attached hydrogens (tertiary/aromatic N) is 1. The van der Waals surface area contributed by atoms with Crippen molar-refractivity contribution in [2.75, 3.05) is 11.9 Å². The molecule has 1 unspecified atom stereocenters. The van der Waals surface area contributed by atoms with Crippen LogP contribution in [0.5, 0.6) is 0 Å². The summed E-state index contributed by atoms with van der Waals surface area (Å²) in [6, 6.07) is 8.29. The number of halogens is 2. The third-order valence-corrected chi connectivity index (χ3v) is 6.68.